The fourth-order valence-corrected chi connectivity index (χ4v) is 4.72. The molecule has 3 heterocycles. The molecule has 4 aromatic rings. The molecule has 1 atom stereocenters. The molecular weight excluding hydrogens is 419 g/mol. The molecule has 0 amide bonds. The number of imidazole rings is 1. The maximum atomic E-state index is 13.5. The van der Waals surface area contributed by atoms with Crippen LogP contribution in [0.3, 0.4) is 0 Å². The lowest BCUT2D eigenvalue weighted by Gasteiger charge is -2.34. The predicted octanol–water partition coefficient (Wildman–Crippen LogP) is 5.89. The van der Waals surface area contributed by atoms with Gasteiger partial charge in [-0.1, -0.05) is 30.3 Å². The Labute approximate surface area is 192 Å². The summed E-state index contributed by atoms with van der Waals surface area (Å²) in [7, 11) is 1.67. The van der Waals surface area contributed by atoms with Crippen molar-refractivity contribution in [3.63, 3.8) is 0 Å². The van der Waals surface area contributed by atoms with Crippen molar-refractivity contribution >= 4 is 5.88 Å². The van der Waals surface area contributed by atoms with Crippen molar-refractivity contribution in [1.82, 2.24) is 14.7 Å². The fourth-order valence-electron chi connectivity index (χ4n) is 4.72. The van der Waals surface area contributed by atoms with Gasteiger partial charge in [0.1, 0.15) is 17.3 Å². The molecule has 0 aliphatic carbocycles. The Morgan fingerprint density at radius 3 is 2.70 bits per heavy atom. The molecular formula is C26H27FN4O2. The van der Waals surface area contributed by atoms with Gasteiger partial charge in [-0.2, -0.15) is 0 Å². The second-order valence-corrected chi connectivity index (χ2v) is 8.40. The molecule has 0 fully saturated rings. The Morgan fingerprint density at radius 1 is 1.18 bits per heavy atom. The summed E-state index contributed by atoms with van der Waals surface area (Å²) in [4.78, 5) is 6.58. The van der Waals surface area contributed by atoms with E-state index < -0.39 is 0 Å². The summed E-state index contributed by atoms with van der Waals surface area (Å²) >= 11 is 0. The van der Waals surface area contributed by atoms with Gasteiger partial charge < -0.3 is 18.7 Å². The van der Waals surface area contributed by atoms with Crippen LogP contribution < -0.4 is 9.64 Å². The monoisotopic (exact) mass is 446 g/mol. The SMILES string of the molecule is CC[C@@H](c1ccc(F)cc1)N1CCCc2c(-c3ccc(-n4cnc(C)c4)c(OC)c3)noc21. The van der Waals surface area contributed by atoms with E-state index in [1.54, 1.807) is 13.4 Å². The number of nitrogens with zero attached hydrogens (tertiary/aromatic N) is 4. The third-order valence-corrected chi connectivity index (χ3v) is 6.31. The zero-order valence-corrected chi connectivity index (χ0v) is 19.1. The molecule has 33 heavy (non-hydrogen) atoms. The molecule has 1 aliphatic heterocycles. The Morgan fingerprint density at radius 2 is 2.00 bits per heavy atom. The summed E-state index contributed by atoms with van der Waals surface area (Å²) in [5, 5.41) is 4.47. The van der Waals surface area contributed by atoms with Crippen molar-refractivity contribution in [1.29, 1.82) is 0 Å². The molecule has 0 bridgehead atoms. The minimum Gasteiger partial charge on any atom is -0.495 e. The average Bonchev–Trinajstić information content (AvgIpc) is 3.47. The van der Waals surface area contributed by atoms with E-state index in [2.05, 4.69) is 22.0 Å². The second-order valence-electron chi connectivity index (χ2n) is 8.40. The van der Waals surface area contributed by atoms with E-state index in [9.17, 15) is 4.39 Å². The predicted molar refractivity (Wildman–Crippen MR) is 125 cm³/mol. The van der Waals surface area contributed by atoms with E-state index in [-0.39, 0.29) is 11.9 Å². The lowest BCUT2D eigenvalue weighted by molar-refractivity contribution is 0.395. The van der Waals surface area contributed by atoms with E-state index in [1.165, 1.54) is 12.1 Å². The van der Waals surface area contributed by atoms with Gasteiger partial charge >= 0.3 is 0 Å². The Kier molecular flexibility index (Phi) is 5.62. The van der Waals surface area contributed by atoms with Gasteiger partial charge in [0.2, 0.25) is 5.88 Å². The fraction of sp³-hybridized carbons (Fsp3) is 0.308. The summed E-state index contributed by atoms with van der Waals surface area (Å²) in [6.45, 7) is 4.97. The number of fused-ring (bicyclic) bond motifs is 1. The molecule has 2 aromatic heterocycles. The topological polar surface area (TPSA) is 56.3 Å². The lowest BCUT2D eigenvalue weighted by Crippen LogP contribution is -2.32. The number of methoxy groups -OCH3 is 1. The smallest absolute Gasteiger partial charge is 0.231 e. The van der Waals surface area contributed by atoms with Crippen molar-refractivity contribution < 1.29 is 13.7 Å². The van der Waals surface area contributed by atoms with Crippen molar-refractivity contribution in [3.05, 3.63) is 77.6 Å². The van der Waals surface area contributed by atoms with Crippen LogP contribution in [0.2, 0.25) is 0 Å². The zero-order chi connectivity index (χ0) is 22.9. The third-order valence-electron chi connectivity index (χ3n) is 6.31. The zero-order valence-electron chi connectivity index (χ0n) is 19.1. The minimum atomic E-state index is -0.224. The highest BCUT2D eigenvalue weighted by atomic mass is 19.1. The number of anilines is 1. The highest BCUT2D eigenvalue weighted by Gasteiger charge is 2.31. The molecule has 0 N–H and O–H groups in total. The number of ether oxygens (including phenoxy) is 1. The minimum absolute atomic E-state index is 0.104. The summed E-state index contributed by atoms with van der Waals surface area (Å²) < 4.78 is 27.0. The van der Waals surface area contributed by atoms with Gasteiger partial charge in [-0.05, 0) is 56.0 Å². The molecule has 0 radical (unpaired) electrons. The number of aromatic nitrogens is 3. The van der Waals surface area contributed by atoms with Gasteiger partial charge in [-0.15, -0.1) is 0 Å². The van der Waals surface area contributed by atoms with Crippen molar-refractivity contribution in [3.8, 4) is 22.7 Å². The maximum absolute atomic E-state index is 13.5. The Hall–Kier alpha value is -3.61. The summed E-state index contributed by atoms with van der Waals surface area (Å²) in [6.07, 6.45) is 6.53. The quantitative estimate of drug-likeness (QED) is 0.370. The average molecular weight is 447 g/mol. The number of hydrogen-bond acceptors (Lipinski definition) is 5. The Bertz CT molecular complexity index is 1260. The molecule has 7 heteroatoms. The van der Waals surface area contributed by atoms with Crippen molar-refractivity contribution in [2.24, 2.45) is 0 Å². The van der Waals surface area contributed by atoms with Crippen LogP contribution in [0.5, 0.6) is 5.75 Å². The van der Waals surface area contributed by atoms with Crippen LogP contribution in [-0.4, -0.2) is 28.4 Å². The first-order chi connectivity index (χ1) is 16.1. The van der Waals surface area contributed by atoms with Crippen LogP contribution in [0.4, 0.5) is 10.3 Å². The standard InChI is InChI=1S/C26H27FN4O2/c1-4-22(18-7-10-20(27)11-8-18)31-13-5-6-21-25(29-33-26(21)31)19-9-12-23(24(14-19)32-3)30-15-17(2)28-16-30/h7-12,14-16,22H,4-6,13H2,1-3H3/t22-/m0/s1. The molecule has 6 nitrogen and oxygen atoms in total. The second kappa shape index (κ2) is 8.73. The number of hydrogen-bond donors (Lipinski definition) is 0. The highest BCUT2D eigenvalue weighted by molar-refractivity contribution is 5.72. The molecule has 0 spiro atoms. The van der Waals surface area contributed by atoms with E-state index in [4.69, 9.17) is 9.26 Å². The van der Waals surface area contributed by atoms with E-state index in [1.807, 2.05) is 48.0 Å². The third kappa shape index (κ3) is 3.88. The summed E-state index contributed by atoms with van der Waals surface area (Å²) in [5.74, 6) is 1.32. The van der Waals surface area contributed by atoms with Crippen molar-refractivity contribution in [2.75, 3.05) is 18.6 Å². The number of benzene rings is 2. The number of halogens is 1. The van der Waals surface area contributed by atoms with Crippen LogP contribution in [0.1, 0.15) is 42.6 Å². The van der Waals surface area contributed by atoms with Gasteiger partial charge in [0, 0.05) is 23.9 Å². The number of rotatable bonds is 6. The van der Waals surface area contributed by atoms with Gasteiger partial charge in [-0.3, -0.25) is 0 Å². The largest absolute Gasteiger partial charge is 0.495 e. The lowest BCUT2D eigenvalue weighted by atomic mass is 9.96. The van der Waals surface area contributed by atoms with Gasteiger partial charge in [0.05, 0.1) is 30.9 Å². The summed E-state index contributed by atoms with van der Waals surface area (Å²) in [5.41, 5.74) is 5.84. The van der Waals surface area contributed by atoms with Gasteiger partial charge in [-0.25, -0.2) is 9.37 Å². The first-order valence-corrected chi connectivity index (χ1v) is 11.3. The Balaban J connectivity index is 1.51. The first-order valence-electron chi connectivity index (χ1n) is 11.3. The molecule has 170 valence electrons. The molecule has 0 saturated heterocycles. The summed E-state index contributed by atoms with van der Waals surface area (Å²) in [6, 6.07) is 12.9. The number of aryl methyl sites for hydroxylation is 1. The van der Waals surface area contributed by atoms with Crippen LogP contribution in [0.15, 0.2) is 59.5 Å². The van der Waals surface area contributed by atoms with Crippen LogP contribution in [0, 0.1) is 12.7 Å². The van der Waals surface area contributed by atoms with Crippen LogP contribution in [0.25, 0.3) is 16.9 Å². The van der Waals surface area contributed by atoms with Crippen molar-refractivity contribution in [2.45, 2.75) is 39.2 Å². The molecule has 5 rings (SSSR count). The van der Waals surface area contributed by atoms with Gasteiger partial charge in [0.25, 0.3) is 0 Å². The molecule has 2 aromatic carbocycles. The van der Waals surface area contributed by atoms with E-state index >= 15 is 0 Å². The van der Waals surface area contributed by atoms with E-state index in [0.29, 0.717) is 0 Å². The van der Waals surface area contributed by atoms with Crippen LogP contribution >= 0.6 is 0 Å². The highest BCUT2D eigenvalue weighted by Crippen LogP contribution is 2.41. The maximum Gasteiger partial charge on any atom is 0.231 e. The molecule has 1 aliphatic rings. The van der Waals surface area contributed by atoms with E-state index in [0.717, 1.165) is 71.2 Å². The first kappa shape index (κ1) is 21.2. The normalized spacial score (nSPS) is 14.2. The van der Waals surface area contributed by atoms with Crippen LogP contribution in [-0.2, 0) is 6.42 Å². The van der Waals surface area contributed by atoms with Gasteiger partial charge in [0.15, 0.2) is 0 Å². The molecule has 0 unspecified atom stereocenters. The molecule has 0 saturated carbocycles.